The van der Waals surface area contributed by atoms with E-state index in [0.29, 0.717) is 23.3 Å². The van der Waals surface area contributed by atoms with Crippen molar-refractivity contribution in [1.82, 2.24) is 9.97 Å². The number of halogens is 1. The molecule has 0 aliphatic rings. The lowest BCUT2D eigenvalue weighted by Gasteiger charge is -2.09. The van der Waals surface area contributed by atoms with E-state index >= 15 is 0 Å². The highest BCUT2D eigenvalue weighted by atomic mass is 79.9. The molecular weight excluding hydrogens is 392 g/mol. The minimum Gasteiger partial charge on any atom is -0.489 e. The average molecular weight is 407 g/mol. The molecule has 3 aromatic carbocycles. The second kappa shape index (κ2) is 7.14. The van der Waals surface area contributed by atoms with Crippen LogP contribution in [0, 0.1) is 0 Å². The molecule has 0 aliphatic carbocycles. The molecule has 0 atom stereocenters. The number of H-pyrrole nitrogens is 1. The average Bonchev–Trinajstić information content (AvgIpc) is 2.67. The van der Waals surface area contributed by atoms with Gasteiger partial charge in [0, 0.05) is 10.0 Å². The van der Waals surface area contributed by atoms with Gasteiger partial charge in [0.05, 0.1) is 10.9 Å². The SMILES string of the molecule is O=c1[nH]c(-c2cccc(OCc3cccc(Br)c3)c2)nc2ccccc12. The van der Waals surface area contributed by atoms with E-state index in [0.717, 1.165) is 21.3 Å². The lowest BCUT2D eigenvalue weighted by Crippen LogP contribution is -2.09. The summed E-state index contributed by atoms with van der Waals surface area (Å²) >= 11 is 3.46. The molecule has 128 valence electrons. The van der Waals surface area contributed by atoms with E-state index in [-0.39, 0.29) is 5.56 Å². The number of rotatable bonds is 4. The Morgan fingerprint density at radius 2 is 1.81 bits per heavy atom. The summed E-state index contributed by atoms with van der Waals surface area (Å²) in [7, 11) is 0. The molecule has 4 rings (SSSR count). The van der Waals surface area contributed by atoms with Gasteiger partial charge in [0.15, 0.2) is 0 Å². The molecular formula is C21H15BrN2O2. The Morgan fingerprint density at radius 3 is 2.69 bits per heavy atom. The van der Waals surface area contributed by atoms with Crippen molar-refractivity contribution in [3.63, 3.8) is 0 Å². The fourth-order valence-electron chi connectivity index (χ4n) is 2.75. The van der Waals surface area contributed by atoms with Gasteiger partial charge >= 0.3 is 0 Å². The van der Waals surface area contributed by atoms with Crippen LogP contribution < -0.4 is 10.3 Å². The van der Waals surface area contributed by atoms with Crippen molar-refractivity contribution in [1.29, 1.82) is 0 Å². The van der Waals surface area contributed by atoms with Crippen molar-refractivity contribution in [2.75, 3.05) is 0 Å². The first-order valence-electron chi connectivity index (χ1n) is 8.16. The smallest absolute Gasteiger partial charge is 0.259 e. The quantitative estimate of drug-likeness (QED) is 0.522. The Morgan fingerprint density at radius 1 is 0.962 bits per heavy atom. The van der Waals surface area contributed by atoms with Gasteiger partial charge in [0.1, 0.15) is 18.2 Å². The molecule has 0 bridgehead atoms. The van der Waals surface area contributed by atoms with Crippen molar-refractivity contribution in [3.05, 3.63) is 93.2 Å². The van der Waals surface area contributed by atoms with Crippen LogP contribution in [0.25, 0.3) is 22.3 Å². The Labute approximate surface area is 158 Å². The van der Waals surface area contributed by atoms with Crippen LogP contribution in [-0.2, 0) is 6.61 Å². The van der Waals surface area contributed by atoms with E-state index in [2.05, 4.69) is 25.9 Å². The Bertz CT molecular complexity index is 1140. The highest BCUT2D eigenvalue weighted by Gasteiger charge is 2.07. The van der Waals surface area contributed by atoms with E-state index in [1.54, 1.807) is 6.07 Å². The third kappa shape index (κ3) is 3.53. The minimum absolute atomic E-state index is 0.147. The normalized spacial score (nSPS) is 10.8. The van der Waals surface area contributed by atoms with Crippen LogP contribution in [0.5, 0.6) is 5.75 Å². The van der Waals surface area contributed by atoms with Crippen LogP contribution in [0.3, 0.4) is 0 Å². The van der Waals surface area contributed by atoms with Crippen molar-refractivity contribution in [2.45, 2.75) is 6.61 Å². The third-order valence-electron chi connectivity index (χ3n) is 4.01. The van der Waals surface area contributed by atoms with Crippen molar-refractivity contribution in [2.24, 2.45) is 0 Å². The third-order valence-corrected chi connectivity index (χ3v) is 4.51. The summed E-state index contributed by atoms with van der Waals surface area (Å²) < 4.78 is 6.91. The van der Waals surface area contributed by atoms with Crippen molar-refractivity contribution >= 4 is 26.8 Å². The maximum atomic E-state index is 12.3. The monoisotopic (exact) mass is 406 g/mol. The predicted octanol–water partition coefficient (Wildman–Crippen LogP) is 4.93. The van der Waals surface area contributed by atoms with Gasteiger partial charge in [-0.2, -0.15) is 0 Å². The summed E-state index contributed by atoms with van der Waals surface area (Å²) in [5.41, 5.74) is 2.40. The number of hydrogen-bond donors (Lipinski definition) is 1. The second-order valence-corrected chi connectivity index (χ2v) is 6.79. The number of aromatic amines is 1. The van der Waals surface area contributed by atoms with Crippen LogP contribution in [0.1, 0.15) is 5.56 Å². The molecule has 1 N–H and O–H groups in total. The topological polar surface area (TPSA) is 55.0 Å². The molecule has 26 heavy (non-hydrogen) atoms. The van der Waals surface area contributed by atoms with E-state index in [4.69, 9.17) is 4.74 Å². The number of nitrogens with zero attached hydrogens (tertiary/aromatic N) is 1. The highest BCUT2D eigenvalue weighted by molar-refractivity contribution is 9.10. The molecule has 1 aromatic heterocycles. The highest BCUT2D eigenvalue weighted by Crippen LogP contribution is 2.22. The Balaban J connectivity index is 1.62. The fourth-order valence-corrected chi connectivity index (χ4v) is 3.20. The number of hydrogen-bond acceptors (Lipinski definition) is 3. The van der Waals surface area contributed by atoms with E-state index in [1.807, 2.05) is 66.7 Å². The summed E-state index contributed by atoms with van der Waals surface area (Å²) in [5, 5.41) is 0.582. The molecule has 4 nitrogen and oxygen atoms in total. The number of para-hydroxylation sites is 1. The van der Waals surface area contributed by atoms with Gasteiger partial charge in [-0.25, -0.2) is 4.98 Å². The first-order chi connectivity index (χ1) is 12.7. The van der Waals surface area contributed by atoms with E-state index < -0.39 is 0 Å². The second-order valence-electron chi connectivity index (χ2n) is 5.88. The molecule has 0 unspecified atom stereocenters. The molecule has 4 aromatic rings. The predicted molar refractivity (Wildman–Crippen MR) is 106 cm³/mol. The lowest BCUT2D eigenvalue weighted by atomic mass is 10.2. The number of nitrogens with one attached hydrogen (secondary N) is 1. The van der Waals surface area contributed by atoms with Gasteiger partial charge in [-0.15, -0.1) is 0 Å². The van der Waals surface area contributed by atoms with Crippen LogP contribution in [0.4, 0.5) is 0 Å². The van der Waals surface area contributed by atoms with Gasteiger partial charge in [-0.3, -0.25) is 4.79 Å². The summed E-state index contributed by atoms with van der Waals surface area (Å²) in [6.07, 6.45) is 0. The zero-order chi connectivity index (χ0) is 17.9. The first kappa shape index (κ1) is 16.5. The van der Waals surface area contributed by atoms with Gasteiger partial charge in [-0.05, 0) is 42.0 Å². The summed E-state index contributed by atoms with van der Waals surface area (Å²) in [5.74, 6) is 1.25. The lowest BCUT2D eigenvalue weighted by molar-refractivity contribution is 0.306. The minimum atomic E-state index is -0.147. The van der Waals surface area contributed by atoms with Crippen LogP contribution in [-0.4, -0.2) is 9.97 Å². The number of ether oxygens (including phenoxy) is 1. The molecule has 5 heteroatoms. The Kier molecular flexibility index (Phi) is 4.54. The number of benzene rings is 3. The molecule has 0 amide bonds. The molecule has 0 fully saturated rings. The molecule has 0 radical (unpaired) electrons. The summed E-state index contributed by atoms with van der Waals surface area (Å²) in [4.78, 5) is 19.7. The van der Waals surface area contributed by atoms with Crippen LogP contribution >= 0.6 is 15.9 Å². The van der Waals surface area contributed by atoms with Crippen LogP contribution in [0.15, 0.2) is 82.1 Å². The number of fused-ring (bicyclic) bond motifs is 1. The van der Waals surface area contributed by atoms with Crippen LogP contribution in [0.2, 0.25) is 0 Å². The van der Waals surface area contributed by atoms with Crippen molar-refractivity contribution in [3.8, 4) is 17.1 Å². The van der Waals surface area contributed by atoms with E-state index in [9.17, 15) is 4.79 Å². The largest absolute Gasteiger partial charge is 0.489 e. The zero-order valence-corrected chi connectivity index (χ0v) is 15.4. The maximum Gasteiger partial charge on any atom is 0.259 e. The van der Waals surface area contributed by atoms with Gasteiger partial charge in [0.2, 0.25) is 0 Å². The van der Waals surface area contributed by atoms with Gasteiger partial charge in [-0.1, -0.05) is 52.3 Å². The molecule has 0 saturated heterocycles. The zero-order valence-electron chi connectivity index (χ0n) is 13.8. The standard InChI is InChI=1S/C21H15BrN2O2/c22-16-7-3-5-14(11-16)13-26-17-8-4-6-15(12-17)20-23-19-10-2-1-9-18(19)21(25)24-20/h1-12H,13H2,(H,23,24,25). The maximum absolute atomic E-state index is 12.3. The first-order valence-corrected chi connectivity index (χ1v) is 8.95. The number of aromatic nitrogens is 2. The molecule has 1 heterocycles. The molecule has 0 spiro atoms. The van der Waals surface area contributed by atoms with Gasteiger partial charge in [0.25, 0.3) is 5.56 Å². The molecule has 0 aliphatic heterocycles. The fraction of sp³-hybridized carbons (Fsp3) is 0.0476. The summed E-state index contributed by atoms with van der Waals surface area (Å²) in [6, 6.07) is 22.8. The van der Waals surface area contributed by atoms with Crippen molar-refractivity contribution < 1.29 is 4.74 Å². The van der Waals surface area contributed by atoms with Gasteiger partial charge < -0.3 is 9.72 Å². The molecule has 0 saturated carbocycles. The van der Waals surface area contributed by atoms with E-state index in [1.165, 1.54) is 0 Å². The Hall–Kier alpha value is -2.92. The summed E-state index contributed by atoms with van der Waals surface area (Å²) in [6.45, 7) is 0.463.